The van der Waals surface area contributed by atoms with Gasteiger partial charge in [-0.3, -0.25) is 0 Å². The highest BCUT2D eigenvalue weighted by Gasteiger charge is 2.11. The Labute approximate surface area is 109 Å². The molecule has 4 nitrogen and oxygen atoms in total. The third-order valence-corrected chi connectivity index (χ3v) is 3.33. The van der Waals surface area contributed by atoms with Crippen LogP contribution < -0.4 is 5.73 Å². The normalized spacial score (nSPS) is 10.8. The van der Waals surface area contributed by atoms with Crippen LogP contribution in [0.25, 0.3) is 11.4 Å². The van der Waals surface area contributed by atoms with E-state index in [1.807, 2.05) is 25.1 Å². The summed E-state index contributed by atoms with van der Waals surface area (Å²) in [5, 5.41) is 8.36. The molecule has 0 atom stereocenters. The second kappa shape index (κ2) is 4.87. The molecule has 17 heavy (non-hydrogen) atoms. The Hall–Kier alpha value is -1.36. The second-order valence-electron chi connectivity index (χ2n) is 3.96. The molecule has 90 valence electrons. The van der Waals surface area contributed by atoms with Gasteiger partial charge in [-0.05, 0) is 47.5 Å². The van der Waals surface area contributed by atoms with E-state index in [0.717, 1.165) is 40.3 Å². The van der Waals surface area contributed by atoms with E-state index in [9.17, 15) is 0 Å². The number of nitrogens with zero attached hydrogens (tertiary/aromatic N) is 3. The molecule has 0 spiro atoms. The zero-order chi connectivity index (χ0) is 12.4. The molecule has 0 radical (unpaired) electrons. The lowest BCUT2D eigenvalue weighted by molar-refractivity contribution is 0.663. The molecule has 0 saturated carbocycles. The predicted molar refractivity (Wildman–Crippen MR) is 72.6 cm³/mol. The highest BCUT2D eigenvalue weighted by Crippen LogP contribution is 2.26. The Kier molecular flexibility index (Phi) is 3.47. The number of rotatable bonds is 3. The lowest BCUT2D eigenvalue weighted by atomic mass is 10.2. The Morgan fingerprint density at radius 3 is 2.76 bits per heavy atom. The van der Waals surface area contributed by atoms with Crippen LogP contribution in [0.15, 0.2) is 22.7 Å². The smallest absolute Gasteiger partial charge is 0.163 e. The highest BCUT2D eigenvalue weighted by atomic mass is 79.9. The fraction of sp³-hybridized carbons (Fsp3) is 0.333. The molecular weight excluding hydrogens is 280 g/mol. The van der Waals surface area contributed by atoms with Gasteiger partial charge in [0.1, 0.15) is 5.82 Å². The van der Waals surface area contributed by atoms with E-state index in [1.165, 1.54) is 0 Å². The zero-order valence-corrected chi connectivity index (χ0v) is 11.5. The quantitative estimate of drug-likeness (QED) is 0.886. The number of halogens is 1. The Morgan fingerprint density at radius 2 is 2.12 bits per heavy atom. The van der Waals surface area contributed by atoms with Crippen molar-refractivity contribution in [2.24, 2.45) is 0 Å². The van der Waals surface area contributed by atoms with Crippen molar-refractivity contribution in [1.29, 1.82) is 0 Å². The van der Waals surface area contributed by atoms with Crippen molar-refractivity contribution in [2.75, 3.05) is 5.73 Å². The Morgan fingerprint density at radius 1 is 1.35 bits per heavy atom. The lowest BCUT2D eigenvalue weighted by Gasteiger charge is -2.08. The predicted octanol–water partition coefficient (Wildman–Crippen LogP) is 3.01. The molecule has 5 heteroatoms. The molecule has 1 aromatic heterocycles. The third-order valence-electron chi connectivity index (χ3n) is 2.64. The van der Waals surface area contributed by atoms with Crippen molar-refractivity contribution in [3.8, 4) is 11.4 Å². The molecule has 1 heterocycles. The third kappa shape index (κ3) is 2.34. The van der Waals surface area contributed by atoms with E-state index in [2.05, 4.69) is 37.6 Å². The standard InChI is InChI=1S/C12H15BrN4/c1-3-6-17-8(2)15-16-12(17)9-4-5-11(14)10(13)7-9/h4-5,7H,3,6,14H2,1-2H3. The Balaban J connectivity index is 2.48. The van der Waals surface area contributed by atoms with Crippen molar-refractivity contribution >= 4 is 21.6 Å². The molecule has 0 unspecified atom stereocenters. The summed E-state index contributed by atoms with van der Waals surface area (Å²) in [4.78, 5) is 0. The van der Waals surface area contributed by atoms with Crippen molar-refractivity contribution in [1.82, 2.24) is 14.8 Å². The number of nitrogens with two attached hydrogens (primary N) is 1. The van der Waals surface area contributed by atoms with E-state index in [0.29, 0.717) is 0 Å². The first-order valence-electron chi connectivity index (χ1n) is 5.58. The maximum atomic E-state index is 5.78. The first kappa shape index (κ1) is 12.1. The molecular formula is C12H15BrN4. The van der Waals surface area contributed by atoms with Crippen LogP contribution in [0, 0.1) is 6.92 Å². The molecule has 1 aromatic carbocycles. The van der Waals surface area contributed by atoms with E-state index >= 15 is 0 Å². The van der Waals surface area contributed by atoms with E-state index in [-0.39, 0.29) is 0 Å². The molecule has 2 N–H and O–H groups in total. The summed E-state index contributed by atoms with van der Waals surface area (Å²) in [5.74, 6) is 1.83. The molecule has 0 amide bonds. The zero-order valence-electron chi connectivity index (χ0n) is 9.94. The van der Waals surface area contributed by atoms with E-state index in [1.54, 1.807) is 0 Å². The number of hydrogen-bond donors (Lipinski definition) is 1. The lowest BCUT2D eigenvalue weighted by Crippen LogP contribution is -2.02. The average molecular weight is 295 g/mol. The molecule has 0 fully saturated rings. The first-order chi connectivity index (χ1) is 8.13. The van der Waals surface area contributed by atoms with Gasteiger partial charge in [0, 0.05) is 22.3 Å². The van der Waals surface area contributed by atoms with Crippen LogP contribution in [-0.4, -0.2) is 14.8 Å². The highest BCUT2D eigenvalue weighted by molar-refractivity contribution is 9.10. The summed E-state index contributed by atoms with van der Waals surface area (Å²) < 4.78 is 3.01. The minimum Gasteiger partial charge on any atom is -0.398 e. The first-order valence-corrected chi connectivity index (χ1v) is 6.38. The molecule has 0 aliphatic carbocycles. The monoisotopic (exact) mass is 294 g/mol. The van der Waals surface area contributed by atoms with E-state index < -0.39 is 0 Å². The van der Waals surface area contributed by atoms with Crippen LogP contribution >= 0.6 is 15.9 Å². The maximum Gasteiger partial charge on any atom is 0.163 e. The van der Waals surface area contributed by atoms with Crippen LogP contribution in [0.1, 0.15) is 19.2 Å². The maximum absolute atomic E-state index is 5.78. The van der Waals surface area contributed by atoms with Gasteiger partial charge >= 0.3 is 0 Å². The largest absolute Gasteiger partial charge is 0.398 e. The minimum atomic E-state index is 0.729. The molecule has 0 aliphatic rings. The average Bonchev–Trinajstić information content (AvgIpc) is 2.66. The molecule has 2 aromatic rings. The van der Waals surface area contributed by atoms with Crippen LogP contribution in [0.2, 0.25) is 0 Å². The summed E-state index contributed by atoms with van der Waals surface area (Å²) in [7, 11) is 0. The number of nitrogen functional groups attached to an aromatic ring is 1. The topological polar surface area (TPSA) is 56.7 Å². The fourth-order valence-corrected chi connectivity index (χ4v) is 2.13. The van der Waals surface area contributed by atoms with Gasteiger partial charge in [0.2, 0.25) is 0 Å². The second-order valence-corrected chi connectivity index (χ2v) is 4.81. The van der Waals surface area contributed by atoms with Gasteiger partial charge in [-0.25, -0.2) is 0 Å². The minimum absolute atomic E-state index is 0.729. The number of aromatic nitrogens is 3. The van der Waals surface area contributed by atoms with Crippen LogP contribution in [-0.2, 0) is 6.54 Å². The summed E-state index contributed by atoms with van der Waals surface area (Å²) in [6.07, 6.45) is 1.06. The molecule has 0 saturated heterocycles. The van der Waals surface area contributed by atoms with Gasteiger partial charge in [-0.15, -0.1) is 10.2 Å². The number of hydrogen-bond acceptors (Lipinski definition) is 3. The fourth-order valence-electron chi connectivity index (χ4n) is 1.75. The Bertz CT molecular complexity index is 533. The SMILES string of the molecule is CCCn1c(C)nnc1-c1ccc(N)c(Br)c1. The summed E-state index contributed by atoms with van der Waals surface area (Å²) in [6, 6.07) is 5.82. The molecule has 2 rings (SSSR count). The number of anilines is 1. The van der Waals surface area contributed by atoms with Crippen LogP contribution in [0.5, 0.6) is 0 Å². The van der Waals surface area contributed by atoms with Crippen LogP contribution in [0.3, 0.4) is 0 Å². The van der Waals surface area contributed by atoms with Gasteiger partial charge in [0.15, 0.2) is 5.82 Å². The van der Waals surface area contributed by atoms with Crippen molar-refractivity contribution < 1.29 is 0 Å². The van der Waals surface area contributed by atoms with Crippen molar-refractivity contribution in [2.45, 2.75) is 26.8 Å². The van der Waals surface area contributed by atoms with Crippen LogP contribution in [0.4, 0.5) is 5.69 Å². The number of aryl methyl sites for hydroxylation is 1. The summed E-state index contributed by atoms with van der Waals surface area (Å²) >= 11 is 3.43. The van der Waals surface area contributed by atoms with Gasteiger partial charge in [-0.2, -0.15) is 0 Å². The summed E-state index contributed by atoms with van der Waals surface area (Å²) in [6.45, 7) is 5.04. The number of benzene rings is 1. The van der Waals surface area contributed by atoms with Crippen molar-refractivity contribution in [3.63, 3.8) is 0 Å². The van der Waals surface area contributed by atoms with Gasteiger partial charge in [0.25, 0.3) is 0 Å². The molecule has 0 bridgehead atoms. The van der Waals surface area contributed by atoms with Crippen molar-refractivity contribution in [3.05, 3.63) is 28.5 Å². The van der Waals surface area contributed by atoms with Gasteiger partial charge < -0.3 is 10.3 Å². The molecule has 0 aliphatic heterocycles. The van der Waals surface area contributed by atoms with E-state index in [4.69, 9.17) is 5.73 Å². The van der Waals surface area contributed by atoms with Gasteiger partial charge in [0.05, 0.1) is 0 Å². The summed E-state index contributed by atoms with van der Waals surface area (Å²) in [5.41, 5.74) is 7.54. The van der Waals surface area contributed by atoms with Gasteiger partial charge in [-0.1, -0.05) is 6.92 Å².